The molecule has 0 radical (unpaired) electrons. The third-order valence-corrected chi connectivity index (χ3v) is 3.28. The third-order valence-electron chi connectivity index (χ3n) is 3.28. The molecule has 0 saturated carbocycles. The van der Waals surface area contributed by atoms with Crippen LogP contribution in [0.1, 0.15) is 13.3 Å². The molecule has 0 aromatic heterocycles. The summed E-state index contributed by atoms with van der Waals surface area (Å²) >= 11 is 0. The first-order chi connectivity index (χ1) is 7.68. The molecule has 17 heavy (non-hydrogen) atoms. The van der Waals surface area contributed by atoms with Crippen molar-refractivity contribution in [3.8, 4) is 0 Å². The van der Waals surface area contributed by atoms with Crippen molar-refractivity contribution < 1.29 is 4.74 Å². The van der Waals surface area contributed by atoms with Crippen LogP contribution in [0.3, 0.4) is 0 Å². The van der Waals surface area contributed by atoms with Crippen LogP contribution in [-0.4, -0.2) is 50.3 Å². The molecular weight excluding hydrogens is 329 g/mol. The van der Waals surface area contributed by atoms with Crippen LogP contribution >= 0.6 is 24.0 Å². The number of halogens is 1. The molecule has 2 heterocycles. The predicted molar refractivity (Wildman–Crippen MR) is 81.0 cm³/mol. The lowest BCUT2D eigenvalue weighted by atomic mass is 9.97. The van der Waals surface area contributed by atoms with Gasteiger partial charge in [-0.2, -0.15) is 0 Å². The zero-order chi connectivity index (χ0) is 11.5. The monoisotopic (exact) mass is 351 g/mol. The van der Waals surface area contributed by atoms with E-state index in [4.69, 9.17) is 4.74 Å². The fourth-order valence-corrected chi connectivity index (χ4v) is 2.33. The molecule has 0 spiro atoms. The summed E-state index contributed by atoms with van der Waals surface area (Å²) in [4.78, 5) is 6.57. The molecule has 5 heteroatoms. The smallest absolute Gasteiger partial charge is 0.193 e. The van der Waals surface area contributed by atoms with Crippen LogP contribution in [0, 0.1) is 5.92 Å². The number of nitrogens with one attached hydrogen (secondary N) is 1. The first-order valence-corrected chi connectivity index (χ1v) is 5.95. The molecule has 2 unspecified atom stereocenters. The van der Waals surface area contributed by atoms with Crippen LogP contribution in [0.15, 0.2) is 17.1 Å². The first-order valence-electron chi connectivity index (χ1n) is 5.95. The summed E-state index contributed by atoms with van der Waals surface area (Å²) in [5.41, 5.74) is 1.13. The maximum atomic E-state index is 5.68. The van der Waals surface area contributed by atoms with Gasteiger partial charge in [0.1, 0.15) is 0 Å². The van der Waals surface area contributed by atoms with Gasteiger partial charge in [0.25, 0.3) is 0 Å². The molecule has 1 N–H and O–H groups in total. The van der Waals surface area contributed by atoms with Gasteiger partial charge in [-0.3, -0.25) is 4.99 Å². The predicted octanol–water partition coefficient (Wildman–Crippen LogP) is 1.48. The summed E-state index contributed by atoms with van der Waals surface area (Å²) in [6, 6.07) is 0. The minimum atomic E-state index is 0. The fourth-order valence-electron chi connectivity index (χ4n) is 2.33. The van der Waals surface area contributed by atoms with Crippen molar-refractivity contribution in [2.75, 3.05) is 33.3 Å². The molecule has 98 valence electrons. The molecule has 2 aliphatic rings. The molecule has 0 bridgehead atoms. The Labute approximate surface area is 121 Å². The Morgan fingerprint density at radius 2 is 2.41 bits per heavy atom. The second-order valence-corrected chi connectivity index (χ2v) is 4.69. The highest BCUT2D eigenvalue weighted by atomic mass is 127. The molecule has 2 aliphatic heterocycles. The molecule has 4 nitrogen and oxygen atoms in total. The van der Waals surface area contributed by atoms with Gasteiger partial charge in [-0.15, -0.1) is 24.0 Å². The van der Waals surface area contributed by atoms with E-state index in [1.54, 1.807) is 0 Å². The summed E-state index contributed by atoms with van der Waals surface area (Å²) in [6.07, 6.45) is 1.33. The zero-order valence-electron chi connectivity index (χ0n) is 10.6. The van der Waals surface area contributed by atoms with Crippen molar-refractivity contribution >= 4 is 29.9 Å². The number of hydrogen-bond acceptors (Lipinski definition) is 4. The summed E-state index contributed by atoms with van der Waals surface area (Å²) < 4.78 is 5.68. The van der Waals surface area contributed by atoms with Crippen LogP contribution in [0.25, 0.3) is 0 Å². The van der Waals surface area contributed by atoms with E-state index in [0.717, 1.165) is 44.2 Å². The lowest BCUT2D eigenvalue weighted by molar-refractivity contribution is 0.119. The molecule has 0 aromatic carbocycles. The summed E-state index contributed by atoms with van der Waals surface area (Å²) in [6.45, 7) is 9.75. The highest BCUT2D eigenvalue weighted by Gasteiger charge is 2.29. The van der Waals surface area contributed by atoms with E-state index in [-0.39, 0.29) is 30.1 Å². The van der Waals surface area contributed by atoms with E-state index in [9.17, 15) is 0 Å². The molecule has 0 aromatic rings. The normalized spacial score (nSPS) is 27.6. The number of nitrogens with zero attached hydrogens (tertiary/aromatic N) is 2. The number of hydrogen-bond donors (Lipinski definition) is 1. The highest BCUT2D eigenvalue weighted by Crippen LogP contribution is 2.25. The minimum absolute atomic E-state index is 0. The maximum absolute atomic E-state index is 5.68. The number of guanidine groups is 1. The fraction of sp³-hybridized carbons (Fsp3) is 0.750. The number of rotatable bonds is 3. The van der Waals surface area contributed by atoms with Crippen molar-refractivity contribution in [2.45, 2.75) is 19.4 Å². The second-order valence-electron chi connectivity index (χ2n) is 4.69. The summed E-state index contributed by atoms with van der Waals surface area (Å²) in [5, 5.41) is 3.41. The molecule has 0 amide bonds. The van der Waals surface area contributed by atoms with Crippen molar-refractivity contribution in [2.24, 2.45) is 10.9 Å². The van der Waals surface area contributed by atoms with E-state index >= 15 is 0 Å². The first kappa shape index (κ1) is 14.8. The van der Waals surface area contributed by atoms with Gasteiger partial charge >= 0.3 is 0 Å². The average molecular weight is 351 g/mol. The van der Waals surface area contributed by atoms with Crippen LogP contribution in [0.2, 0.25) is 0 Å². The molecule has 0 aliphatic carbocycles. The highest BCUT2D eigenvalue weighted by molar-refractivity contribution is 14.0. The summed E-state index contributed by atoms with van der Waals surface area (Å²) in [5.74, 6) is 1.56. The molecule has 2 rings (SSSR count). The lowest BCUT2D eigenvalue weighted by Gasteiger charge is -2.21. The molecule has 1 fully saturated rings. The number of likely N-dealkylation sites (N-methyl/N-ethyl adjacent to an activating group) is 1. The van der Waals surface area contributed by atoms with E-state index in [2.05, 4.69) is 28.8 Å². The second kappa shape index (κ2) is 6.58. The minimum Gasteiger partial charge on any atom is -0.374 e. The van der Waals surface area contributed by atoms with Crippen LogP contribution in [0.5, 0.6) is 0 Å². The van der Waals surface area contributed by atoms with Gasteiger partial charge in [0.05, 0.1) is 12.6 Å². The van der Waals surface area contributed by atoms with Crippen molar-refractivity contribution in [1.82, 2.24) is 10.2 Å². The van der Waals surface area contributed by atoms with Gasteiger partial charge in [0.2, 0.25) is 0 Å². The van der Waals surface area contributed by atoms with Crippen molar-refractivity contribution in [3.05, 3.63) is 12.2 Å². The van der Waals surface area contributed by atoms with Crippen LogP contribution in [0.4, 0.5) is 0 Å². The topological polar surface area (TPSA) is 36.9 Å². The maximum Gasteiger partial charge on any atom is 0.193 e. The SMILES string of the molecule is C=C(C)C1OCCC1CNC1=NCCN1C.I. The van der Waals surface area contributed by atoms with Crippen LogP contribution in [-0.2, 0) is 4.74 Å². The van der Waals surface area contributed by atoms with Gasteiger partial charge in [-0.25, -0.2) is 0 Å². The quantitative estimate of drug-likeness (QED) is 0.618. The van der Waals surface area contributed by atoms with Gasteiger partial charge in [-0.05, 0) is 13.3 Å². The van der Waals surface area contributed by atoms with Crippen molar-refractivity contribution in [1.29, 1.82) is 0 Å². The van der Waals surface area contributed by atoms with E-state index in [1.807, 2.05) is 6.92 Å². The lowest BCUT2D eigenvalue weighted by Crippen LogP contribution is -2.39. The van der Waals surface area contributed by atoms with E-state index in [1.165, 1.54) is 0 Å². The zero-order valence-corrected chi connectivity index (χ0v) is 12.9. The largest absolute Gasteiger partial charge is 0.374 e. The van der Waals surface area contributed by atoms with Gasteiger partial charge in [0, 0.05) is 32.7 Å². The summed E-state index contributed by atoms with van der Waals surface area (Å²) in [7, 11) is 2.07. The molecular formula is C12H22IN3O. The Bertz CT molecular complexity index is 306. The van der Waals surface area contributed by atoms with Gasteiger partial charge in [-0.1, -0.05) is 12.2 Å². The Kier molecular flexibility index (Phi) is 5.72. The number of aliphatic imine (C=N–C) groups is 1. The van der Waals surface area contributed by atoms with Gasteiger partial charge < -0.3 is 15.0 Å². The van der Waals surface area contributed by atoms with Gasteiger partial charge in [0.15, 0.2) is 5.96 Å². The van der Waals surface area contributed by atoms with Crippen LogP contribution < -0.4 is 5.32 Å². The Morgan fingerprint density at radius 1 is 1.65 bits per heavy atom. The average Bonchev–Trinajstić information content (AvgIpc) is 2.83. The Hall–Kier alpha value is -0.300. The van der Waals surface area contributed by atoms with Crippen molar-refractivity contribution in [3.63, 3.8) is 0 Å². The Morgan fingerprint density at radius 3 is 3.00 bits per heavy atom. The standard InChI is InChI=1S/C12H21N3O.HI/c1-9(2)11-10(4-7-16-11)8-14-12-13-5-6-15(12)3;/h10-11H,1,4-8H2,2-3H3,(H,13,14);1H. The third kappa shape index (κ3) is 3.58. The van der Waals surface area contributed by atoms with E-state index in [0.29, 0.717) is 5.92 Å². The molecule has 2 atom stereocenters. The number of ether oxygens (including phenoxy) is 1. The Balaban J connectivity index is 0.00000144. The molecule has 1 saturated heterocycles. The van der Waals surface area contributed by atoms with E-state index < -0.39 is 0 Å².